The van der Waals surface area contributed by atoms with Gasteiger partial charge in [0.1, 0.15) is 0 Å². The van der Waals surface area contributed by atoms with Crippen LogP contribution >= 0.6 is 50.7 Å². The molecule has 1 saturated carbocycles. The van der Waals surface area contributed by atoms with E-state index in [0.29, 0.717) is 4.90 Å². The molecule has 2 aromatic carbocycles. The lowest BCUT2D eigenvalue weighted by Crippen LogP contribution is -2.60. The second-order valence-corrected chi connectivity index (χ2v) is 14.0. The number of benzene rings is 2. The minimum absolute atomic E-state index is 0.125. The molecule has 6 rings (SSSR count). The first-order valence-corrected chi connectivity index (χ1v) is 16.2. The van der Waals surface area contributed by atoms with E-state index in [2.05, 4.69) is 15.9 Å². The number of phenols is 1. The van der Waals surface area contributed by atoms with Crippen molar-refractivity contribution in [2.45, 2.75) is 40.9 Å². The van der Waals surface area contributed by atoms with E-state index in [-0.39, 0.29) is 52.0 Å². The molecule has 2 heterocycles. The van der Waals surface area contributed by atoms with E-state index in [4.69, 9.17) is 39.5 Å². The van der Waals surface area contributed by atoms with Gasteiger partial charge in [0.05, 0.1) is 46.2 Å². The van der Waals surface area contributed by atoms with Gasteiger partial charge >= 0.3 is 12.4 Å². The van der Waals surface area contributed by atoms with Gasteiger partial charge in [-0.1, -0.05) is 39.2 Å². The standard InChI is InChI=1S/C30H20BrCl3F6N2O6/c1-48-19-5-11(4-18(32)22(19)43)21-15-2-3-16-20(17(15)9-27(33)25(46)41(10-31)26(47)28(21,27)34)24(45)42(23(16)44)14-7-12(29(35,36)37)6-13(8-14)30(38,39)40/h2,4-8,16-17,20-21,43H,3,9-10H2,1H3/t16-,17+,20-,21-,27+,28-/m0/s1. The summed E-state index contributed by atoms with van der Waals surface area (Å²) in [5, 5.41) is 10.2. The summed E-state index contributed by atoms with van der Waals surface area (Å²) < 4.78 is 87.3. The third kappa shape index (κ3) is 4.78. The first kappa shape index (κ1) is 34.8. The highest BCUT2D eigenvalue weighted by molar-refractivity contribution is 9.09. The van der Waals surface area contributed by atoms with Crippen molar-refractivity contribution in [3.8, 4) is 11.5 Å². The molecule has 8 nitrogen and oxygen atoms in total. The number of aromatic hydroxyl groups is 1. The Bertz CT molecular complexity index is 1810. The first-order chi connectivity index (χ1) is 22.2. The van der Waals surface area contributed by atoms with Crippen molar-refractivity contribution in [2.24, 2.45) is 17.8 Å². The average molecular weight is 805 g/mol. The quantitative estimate of drug-likeness (QED) is 0.117. The third-order valence-corrected chi connectivity index (χ3v) is 11.7. The topological polar surface area (TPSA) is 104 Å². The van der Waals surface area contributed by atoms with Gasteiger partial charge < -0.3 is 9.84 Å². The number of allylic oxidation sites excluding steroid dienone is 2. The van der Waals surface area contributed by atoms with E-state index >= 15 is 0 Å². The number of halogens is 10. The normalized spacial score (nSPS) is 30.4. The number of likely N-dealkylation sites (tertiary alicyclic amines) is 1. The summed E-state index contributed by atoms with van der Waals surface area (Å²) >= 11 is 23.6. The molecule has 0 radical (unpaired) electrons. The van der Waals surface area contributed by atoms with Crippen LogP contribution in [0.25, 0.3) is 0 Å². The van der Waals surface area contributed by atoms with Gasteiger partial charge in [0.2, 0.25) is 11.8 Å². The fourth-order valence-corrected chi connectivity index (χ4v) is 9.01. The van der Waals surface area contributed by atoms with Crippen molar-refractivity contribution >= 4 is 80.0 Å². The molecular weight excluding hydrogens is 785 g/mol. The number of alkyl halides is 9. The van der Waals surface area contributed by atoms with Gasteiger partial charge in [0.25, 0.3) is 11.8 Å². The Morgan fingerprint density at radius 3 is 2.08 bits per heavy atom. The zero-order valence-electron chi connectivity index (χ0n) is 24.1. The van der Waals surface area contributed by atoms with E-state index in [1.54, 1.807) is 0 Å². The number of nitrogens with zero attached hydrogens (tertiary/aromatic N) is 2. The molecule has 3 fully saturated rings. The molecule has 1 N–H and O–H groups in total. The van der Waals surface area contributed by atoms with Crippen molar-refractivity contribution in [3.05, 3.63) is 63.7 Å². The summed E-state index contributed by atoms with van der Waals surface area (Å²) in [4.78, 5) is 52.0. The van der Waals surface area contributed by atoms with Gasteiger partial charge in [-0.2, -0.15) is 26.3 Å². The molecule has 0 unspecified atom stereocenters. The van der Waals surface area contributed by atoms with Crippen LogP contribution in [0.2, 0.25) is 5.02 Å². The number of imide groups is 2. The van der Waals surface area contributed by atoms with Crippen LogP contribution in [0.1, 0.15) is 35.4 Å². The molecule has 2 saturated heterocycles. The van der Waals surface area contributed by atoms with Crippen LogP contribution in [0.15, 0.2) is 42.0 Å². The number of phenolic OH excluding ortho intramolecular Hbond substituents is 1. The molecule has 2 aliphatic heterocycles. The number of rotatable bonds is 4. The minimum atomic E-state index is -5.25. The number of anilines is 1. The number of carbonyl (C=O) groups excluding carboxylic acids is 4. The molecule has 0 aromatic heterocycles. The summed E-state index contributed by atoms with van der Waals surface area (Å²) in [6.45, 7) is 0. The van der Waals surface area contributed by atoms with Gasteiger partial charge in [-0.15, -0.1) is 23.2 Å². The summed E-state index contributed by atoms with van der Waals surface area (Å²) in [6, 6.07) is 2.99. The molecule has 6 atom stereocenters. The summed E-state index contributed by atoms with van der Waals surface area (Å²) in [5.41, 5.74) is -4.33. The molecule has 4 amide bonds. The monoisotopic (exact) mass is 802 g/mol. The highest BCUT2D eigenvalue weighted by Gasteiger charge is 2.76. The first-order valence-electron chi connectivity index (χ1n) is 14.0. The smallest absolute Gasteiger partial charge is 0.416 e. The van der Waals surface area contributed by atoms with Crippen LogP contribution < -0.4 is 9.64 Å². The van der Waals surface area contributed by atoms with Crippen molar-refractivity contribution in [1.29, 1.82) is 0 Å². The number of fused-ring (bicyclic) bond motifs is 4. The number of hydrogen-bond donors (Lipinski definition) is 1. The Morgan fingerprint density at radius 1 is 0.938 bits per heavy atom. The van der Waals surface area contributed by atoms with Crippen LogP contribution in [0, 0.1) is 17.8 Å². The van der Waals surface area contributed by atoms with Crippen molar-refractivity contribution < 1.29 is 55.4 Å². The Labute approximate surface area is 290 Å². The lowest BCUT2D eigenvalue weighted by atomic mass is 9.56. The highest BCUT2D eigenvalue weighted by atomic mass is 79.9. The average Bonchev–Trinajstić information content (AvgIpc) is 3.34. The molecule has 0 spiro atoms. The maximum absolute atomic E-state index is 14.1. The second kappa shape index (κ2) is 11.3. The highest BCUT2D eigenvalue weighted by Crippen LogP contribution is 2.66. The number of ether oxygens (including phenoxy) is 1. The summed E-state index contributed by atoms with van der Waals surface area (Å²) in [5.74, 6) is -9.81. The second-order valence-electron chi connectivity index (χ2n) is 11.8. The van der Waals surface area contributed by atoms with Crippen molar-refractivity contribution in [1.82, 2.24) is 4.90 Å². The van der Waals surface area contributed by atoms with Gasteiger partial charge in [0.15, 0.2) is 21.2 Å². The maximum atomic E-state index is 14.1. The molecular formula is C30H20BrCl3F6N2O6. The largest absolute Gasteiger partial charge is 0.503 e. The molecule has 18 heteroatoms. The zero-order valence-corrected chi connectivity index (χ0v) is 27.9. The van der Waals surface area contributed by atoms with Gasteiger partial charge in [-0.3, -0.25) is 24.1 Å². The molecule has 2 aromatic rings. The zero-order chi connectivity index (χ0) is 35.5. The van der Waals surface area contributed by atoms with Crippen LogP contribution in [0.3, 0.4) is 0 Å². The van der Waals surface area contributed by atoms with Crippen molar-refractivity contribution in [2.75, 3.05) is 17.5 Å². The molecule has 256 valence electrons. The van der Waals surface area contributed by atoms with E-state index in [1.807, 2.05) is 0 Å². The Kier molecular flexibility index (Phi) is 8.17. The van der Waals surface area contributed by atoms with E-state index in [1.165, 1.54) is 25.3 Å². The van der Waals surface area contributed by atoms with Gasteiger partial charge in [-0.25, -0.2) is 4.90 Å². The van der Waals surface area contributed by atoms with E-state index < -0.39 is 98.4 Å². The minimum Gasteiger partial charge on any atom is -0.503 e. The fraction of sp³-hybridized carbons (Fsp3) is 0.400. The molecule has 2 aliphatic carbocycles. The number of methoxy groups -OCH3 is 1. The van der Waals surface area contributed by atoms with E-state index in [9.17, 15) is 50.6 Å². The van der Waals surface area contributed by atoms with Crippen LogP contribution in [-0.2, 0) is 31.5 Å². The summed E-state index contributed by atoms with van der Waals surface area (Å²) in [7, 11) is 1.22. The number of hydrogen-bond acceptors (Lipinski definition) is 6. The maximum Gasteiger partial charge on any atom is 0.416 e. The molecule has 48 heavy (non-hydrogen) atoms. The lowest BCUT2D eigenvalue weighted by Gasteiger charge is -2.50. The Morgan fingerprint density at radius 2 is 1.54 bits per heavy atom. The van der Waals surface area contributed by atoms with Crippen LogP contribution in [0.5, 0.6) is 11.5 Å². The van der Waals surface area contributed by atoms with E-state index in [0.717, 1.165) is 4.90 Å². The Balaban J connectivity index is 1.53. The predicted octanol–water partition coefficient (Wildman–Crippen LogP) is 7.01. The van der Waals surface area contributed by atoms with Gasteiger partial charge in [-0.05, 0) is 54.7 Å². The summed E-state index contributed by atoms with van der Waals surface area (Å²) in [6.07, 6.45) is -9.73. The number of carbonyl (C=O) groups is 4. The van der Waals surface area contributed by atoms with Crippen LogP contribution in [-0.4, -0.2) is 55.9 Å². The lowest BCUT2D eigenvalue weighted by molar-refractivity contribution is -0.143. The SMILES string of the molecule is COc1cc([C@H]2C3=CC[C@@H]4C(=O)N(c5cc(C(F)(F)F)cc(C(F)(F)F)c5)C(=O)[C@@H]4[C@@H]3C[C@@]3(Cl)C(=O)N(CBr)C(=O)[C@@]23Cl)cc(Cl)c1O. The van der Waals surface area contributed by atoms with Gasteiger partial charge in [0, 0.05) is 5.92 Å². The fourth-order valence-electron chi connectivity index (χ4n) is 7.36. The molecule has 4 aliphatic rings. The van der Waals surface area contributed by atoms with Crippen LogP contribution in [0.4, 0.5) is 32.0 Å². The Hall–Kier alpha value is -3.01. The number of amides is 4. The molecule has 0 bridgehead atoms. The van der Waals surface area contributed by atoms with Crippen molar-refractivity contribution in [3.63, 3.8) is 0 Å². The predicted molar refractivity (Wildman–Crippen MR) is 162 cm³/mol. The third-order valence-electron chi connectivity index (χ3n) is 9.45.